The summed E-state index contributed by atoms with van der Waals surface area (Å²) in [6.07, 6.45) is 7.21. The van der Waals surface area contributed by atoms with Crippen molar-refractivity contribution in [2.45, 2.75) is 51.0 Å². The van der Waals surface area contributed by atoms with Gasteiger partial charge in [-0.25, -0.2) is 0 Å². The molecule has 0 aromatic carbocycles. The average Bonchev–Trinajstić information content (AvgIpc) is 2.67. The molecule has 0 radical (unpaired) electrons. The molecule has 1 saturated carbocycles. The maximum atomic E-state index is 10.4. The molecular formula is C12H22O2. The van der Waals surface area contributed by atoms with E-state index in [4.69, 9.17) is 4.74 Å². The molecule has 0 spiro atoms. The second-order valence-electron chi connectivity index (χ2n) is 5.04. The van der Waals surface area contributed by atoms with E-state index in [1.54, 1.807) is 0 Å². The van der Waals surface area contributed by atoms with E-state index in [-0.39, 0.29) is 0 Å². The highest BCUT2D eigenvalue weighted by molar-refractivity contribution is 4.92. The predicted molar refractivity (Wildman–Crippen MR) is 56.1 cm³/mol. The predicted octanol–water partition coefficient (Wildman–Crippen LogP) is 2.35. The third-order valence-corrected chi connectivity index (χ3v) is 4.15. The van der Waals surface area contributed by atoms with Gasteiger partial charge in [-0.1, -0.05) is 26.2 Å². The second-order valence-corrected chi connectivity index (χ2v) is 5.04. The minimum absolute atomic E-state index is 0.478. The van der Waals surface area contributed by atoms with Gasteiger partial charge in [0.1, 0.15) is 0 Å². The number of aliphatic hydroxyl groups is 1. The van der Waals surface area contributed by atoms with E-state index < -0.39 is 5.60 Å². The van der Waals surface area contributed by atoms with Gasteiger partial charge in [0.2, 0.25) is 0 Å². The van der Waals surface area contributed by atoms with Crippen LogP contribution in [0, 0.1) is 11.8 Å². The summed E-state index contributed by atoms with van der Waals surface area (Å²) >= 11 is 0. The Labute approximate surface area is 86.6 Å². The standard InChI is InChI=1S/C12H22O2/c1-2-10-4-3-5-11(8-10)12(13)6-7-14-9-12/h10-11,13H,2-9H2,1H3. The minimum atomic E-state index is -0.478. The molecule has 1 heterocycles. The van der Waals surface area contributed by atoms with E-state index in [0.717, 1.165) is 18.9 Å². The van der Waals surface area contributed by atoms with Crippen LogP contribution < -0.4 is 0 Å². The van der Waals surface area contributed by atoms with Crippen molar-refractivity contribution in [2.75, 3.05) is 13.2 Å². The molecule has 1 aliphatic heterocycles. The maximum absolute atomic E-state index is 10.4. The Morgan fingerprint density at radius 1 is 1.43 bits per heavy atom. The Bertz CT molecular complexity index is 185. The summed E-state index contributed by atoms with van der Waals surface area (Å²) in [6, 6.07) is 0. The molecule has 2 aliphatic rings. The molecule has 0 aromatic rings. The number of ether oxygens (including phenoxy) is 1. The van der Waals surface area contributed by atoms with Gasteiger partial charge in [0, 0.05) is 13.0 Å². The zero-order chi connectivity index (χ0) is 10.0. The van der Waals surface area contributed by atoms with Gasteiger partial charge in [-0.15, -0.1) is 0 Å². The van der Waals surface area contributed by atoms with E-state index in [1.807, 2.05) is 0 Å². The number of hydrogen-bond acceptors (Lipinski definition) is 2. The molecule has 82 valence electrons. The Morgan fingerprint density at radius 2 is 2.29 bits per heavy atom. The van der Waals surface area contributed by atoms with E-state index in [9.17, 15) is 5.11 Å². The van der Waals surface area contributed by atoms with Crippen molar-refractivity contribution in [1.29, 1.82) is 0 Å². The van der Waals surface area contributed by atoms with Crippen molar-refractivity contribution in [3.63, 3.8) is 0 Å². The molecule has 0 amide bonds. The van der Waals surface area contributed by atoms with Crippen LogP contribution in [0.15, 0.2) is 0 Å². The lowest BCUT2D eigenvalue weighted by molar-refractivity contribution is -0.0456. The lowest BCUT2D eigenvalue weighted by atomic mass is 9.72. The number of rotatable bonds is 2. The van der Waals surface area contributed by atoms with Gasteiger partial charge in [0.15, 0.2) is 0 Å². The summed E-state index contributed by atoms with van der Waals surface area (Å²) in [4.78, 5) is 0. The number of hydrogen-bond donors (Lipinski definition) is 1. The van der Waals surface area contributed by atoms with Crippen molar-refractivity contribution in [3.8, 4) is 0 Å². The zero-order valence-electron chi connectivity index (χ0n) is 9.17. The first kappa shape index (κ1) is 10.4. The van der Waals surface area contributed by atoms with Crippen LogP contribution in [0.4, 0.5) is 0 Å². The van der Waals surface area contributed by atoms with Gasteiger partial charge in [-0.3, -0.25) is 0 Å². The van der Waals surface area contributed by atoms with Gasteiger partial charge in [-0.05, 0) is 24.7 Å². The highest BCUT2D eigenvalue weighted by Crippen LogP contribution is 2.40. The third-order valence-electron chi connectivity index (χ3n) is 4.15. The molecule has 2 fully saturated rings. The van der Waals surface area contributed by atoms with E-state index >= 15 is 0 Å². The molecule has 1 N–H and O–H groups in total. The fourth-order valence-corrected chi connectivity index (χ4v) is 3.04. The quantitative estimate of drug-likeness (QED) is 0.738. The molecule has 2 nitrogen and oxygen atoms in total. The monoisotopic (exact) mass is 198 g/mol. The summed E-state index contributed by atoms with van der Waals surface area (Å²) in [5.41, 5.74) is -0.478. The molecule has 0 bridgehead atoms. The molecule has 2 heteroatoms. The van der Waals surface area contributed by atoms with Crippen molar-refractivity contribution in [3.05, 3.63) is 0 Å². The van der Waals surface area contributed by atoms with E-state index in [2.05, 4.69) is 6.92 Å². The molecule has 14 heavy (non-hydrogen) atoms. The van der Waals surface area contributed by atoms with Gasteiger partial charge >= 0.3 is 0 Å². The molecule has 1 aliphatic carbocycles. The van der Waals surface area contributed by atoms with Crippen LogP contribution in [0.5, 0.6) is 0 Å². The third kappa shape index (κ3) is 1.96. The average molecular weight is 198 g/mol. The first-order chi connectivity index (χ1) is 6.74. The lowest BCUT2D eigenvalue weighted by Gasteiger charge is -2.37. The molecule has 2 rings (SSSR count). The molecule has 0 aromatic heterocycles. The highest BCUT2D eigenvalue weighted by Gasteiger charge is 2.41. The summed E-state index contributed by atoms with van der Waals surface area (Å²) in [7, 11) is 0. The molecule has 3 atom stereocenters. The molecule has 1 saturated heterocycles. The largest absolute Gasteiger partial charge is 0.387 e. The van der Waals surface area contributed by atoms with Crippen molar-refractivity contribution in [1.82, 2.24) is 0 Å². The second kappa shape index (κ2) is 4.19. The van der Waals surface area contributed by atoms with Crippen molar-refractivity contribution >= 4 is 0 Å². The lowest BCUT2D eigenvalue weighted by Crippen LogP contribution is -2.41. The van der Waals surface area contributed by atoms with Gasteiger partial charge in [0.25, 0.3) is 0 Å². The highest BCUT2D eigenvalue weighted by atomic mass is 16.5. The summed E-state index contributed by atoms with van der Waals surface area (Å²) in [5, 5.41) is 10.4. The van der Waals surface area contributed by atoms with Crippen LogP contribution in [-0.4, -0.2) is 23.9 Å². The zero-order valence-corrected chi connectivity index (χ0v) is 9.17. The van der Waals surface area contributed by atoms with Crippen LogP contribution in [-0.2, 0) is 4.74 Å². The summed E-state index contributed by atoms with van der Waals surface area (Å²) in [5.74, 6) is 1.35. The van der Waals surface area contributed by atoms with Crippen LogP contribution in [0.25, 0.3) is 0 Å². The Morgan fingerprint density at radius 3 is 2.93 bits per heavy atom. The summed E-state index contributed by atoms with van der Waals surface area (Å²) in [6.45, 7) is 3.60. The molecular weight excluding hydrogens is 176 g/mol. The van der Waals surface area contributed by atoms with Crippen molar-refractivity contribution in [2.24, 2.45) is 11.8 Å². The SMILES string of the molecule is CCC1CCCC(C2(O)CCOC2)C1. The first-order valence-corrected chi connectivity index (χ1v) is 6.05. The van der Waals surface area contributed by atoms with E-state index in [0.29, 0.717) is 12.5 Å². The maximum Gasteiger partial charge on any atom is 0.0930 e. The Balaban J connectivity index is 1.96. The van der Waals surface area contributed by atoms with Crippen LogP contribution in [0.3, 0.4) is 0 Å². The van der Waals surface area contributed by atoms with Crippen LogP contribution in [0.1, 0.15) is 45.4 Å². The Hall–Kier alpha value is -0.0800. The molecule has 3 unspecified atom stereocenters. The summed E-state index contributed by atoms with van der Waals surface area (Å²) < 4.78 is 5.33. The Kier molecular flexibility index (Phi) is 3.13. The topological polar surface area (TPSA) is 29.5 Å². The van der Waals surface area contributed by atoms with Gasteiger partial charge in [-0.2, -0.15) is 0 Å². The van der Waals surface area contributed by atoms with Crippen LogP contribution >= 0.6 is 0 Å². The van der Waals surface area contributed by atoms with E-state index in [1.165, 1.54) is 32.1 Å². The van der Waals surface area contributed by atoms with Crippen molar-refractivity contribution < 1.29 is 9.84 Å². The fourth-order valence-electron chi connectivity index (χ4n) is 3.04. The smallest absolute Gasteiger partial charge is 0.0930 e. The van der Waals surface area contributed by atoms with Crippen LogP contribution in [0.2, 0.25) is 0 Å². The first-order valence-electron chi connectivity index (χ1n) is 6.05. The fraction of sp³-hybridized carbons (Fsp3) is 1.00. The van der Waals surface area contributed by atoms with Gasteiger partial charge in [0.05, 0.1) is 12.2 Å². The van der Waals surface area contributed by atoms with Gasteiger partial charge < -0.3 is 9.84 Å². The normalized spacial score (nSPS) is 44.1. The minimum Gasteiger partial charge on any atom is -0.387 e.